The maximum absolute atomic E-state index is 12.2. The molecule has 1 unspecified atom stereocenters. The zero-order chi connectivity index (χ0) is 7.28. The molecule has 0 bridgehead atoms. The van der Waals surface area contributed by atoms with E-state index in [0.29, 0.717) is 6.42 Å². The normalized spacial score (nSPS) is 15.8. The molecule has 0 saturated heterocycles. The van der Waals surface area contributed by atoms with Crippen molar-refractivity contribution in [3.63, 3.8) is 0 Å². The Bertz CT molecular complexity index is 92.7. The number of halogens is 1. The fraction of sp³-hybridized carbons (Fsp3) is 0.750. The van der Waals surface area contributed by atoms with Crippen molar-refractivity contribution in [2.75, 3.05) is 0 Å². The van der Waals surface area contributed by atoms with E-state index in [4.69, 9.17) is 0 Å². The summed E-state index contributed by atoms with van der Waals surface area (Å²) < 4.78 is 12.2. The first-order chi connectivity index (χ1) is 4.16. The monoisotopic (exact) mass is 130 g/mol. The van der Waals surface area contributed by atoms with Crippen LogP contribution >= 0.6 is 0 Å². The third kappa shape index (κ3) is 5.54. The Hall–Kier alpha value is -0.330. The molecule has 0 aliphatic carbocycles. The molecule has 1 heteroatoms. The first-order valence-electron chi connectivity index (χ1n) is 3.42. The van der Waals surface area contributed by atoms with Crippen molar-refractivity contribution < 1.29 is 4.39 Å². The van der Waals surface area contributed by atoms with Crippen LogP contribution in [0.4, 0.5) is 4.39 Å². The van der Waals surface area contributed by atoms with Gasteiger partial charge in [-0.05, 0) is 33.6 Å². The third-order valence-electron chi connectivity index (χ3n) is 1.43. The predicted octanol–water partition coefficient (Wildman–Crippen LogP) is 3.09. The number of alkyl halides is 1. The van der Waals surface area contributed by atoms with Crippen LogP contribution in [0.15, 0.2) is 11.6 Å². The zero-order valence-corrected chi connectivity index (χ0v) is 6.45. The van der Waals surface area contributed by atoms with Gasteiger partial charge in [-0.1, -0.05) is 11.6 Å². The van der Waals surface area contributed by atoms with Crippen LogP contribution in [-0.2, 0) is 0 Å². The Morgan fingerprint density at radius 1 is 1.67 bits per heavy atom. The maximum Gasteiger partial charge on any atom is 0.0976 e. The molecular weight excluding hydrogens is 115 g/mol. The lowest BCUT2D eigenvalue weighted by Gasteiger charge is -1.99. The largest absolute Gasteiger partial charge is 0.248 e. The van der Waals surface area contributed by atoms with Crippen molar-refractivity contribution in [3.05, 3.63) is 11.6 Å². The predicted molar refractivity (Wildman–Crippen MR) is 39.2 cm³/mol. The molecule has 0 aromatic rings. The Morgan fingerprint density at radius 3 is 2.56 bits per heavy atom. The maximum atomic E-state index is 12.2. The summed E-state index contributed by atoms with van der Waals surface area (Å²) in [5.41, 5.74) is 1.28. The molecule has 9 heavy (non-hydrogen) atoms. The van der Waals surface area contributed by atoms with E-state index >= 15 is 0 Å². The summed E-state index contributed by atoms with van der Waals surface area (Å²) in [6, 6.07) is 0. The first kappa shape index (κ1) is 8.67. The standard InChI is InChI=1S/C8H15F/c1-4-7(2)5-6-8(3)9/h4,8H,5-6H2,1-3H3. The second kappa shape index (κ2) is 4.54. The highest BCUT2D eigenvalue weighted by Crippen LogP contribution is 2.07. The minimum atomic E-state index is -0.653. The highest BCUT2D eigenvalue weighted by molar-refractivity contribution is 4.95. The van der Waals surface area contributed by atoms with Gasteiger partial charge in [-0.15, -0.1) is 0 Å². The Balaban J connectivity index is 3.28. The molecule has 1 atom stereocenters. The fourth-order valence-electron chi connectivity index (χ4n) is 0.571. The Morgan fingerprint density at radius 2 is 2.22 bits per heavy atom. The highest BCUT2D eigenvalue weighted by Gasteiger charge is 1.96. The summed E-state index contributed by atoms with van der Waals surface area (Å²) in [6.45, 7) is 5.61. The van der Waals surface area contributed by atoms with Crippen LogP contribution in [0, 0.1) is 0 Å². The zero-order valence-electron chi connectivity index (χ0n) is 6.45. The topological polar surface area (TPSA) is 0 Å². The van der Waals surface area contributed by atoms with E-state index in [1.807, 2.05) is 19.9 Å². The van der Waals surface area contributed by atoms with Gasteiger partial charge in [-0.25, -0.2) is 4.39 Å². The van der Waals surface area contributed by atoms with Gasteiger partial charge in [-0.3, -0.25) is 0 Å². The summed E-state index contributed by atoms with van der Waals surface area (Å²) in [5, 5.41) is 0. The summed E-state index contributed by atoms with van der Waals surface area (Å²) in [5.74, 6) is 0. The molecule has 0 aromatic heterocycles. The number of hydrogen-bond acceptors (Lipinski definition) is 0. The van der Waals surface area contributed by atoms with Crippen molar-refractivity contribution in [1.29, 1.82) is 0 Å². The lowest BCUT2D eigenvalue weighted by molar-refractivity contribution is 0.341. The van der Waals surface area contributed by atoms with Crippen molar-refractivity contribution in [2.45, 2.75) is 39.8 Å². The van der Waals surface area contributed by atoms with Crippen LogP contribution in [-0.4, -0.2) is 6.17 Å². The average molecular weight is 130 g/mol. The minimum Gasteiger partial charge on any atom is -0.248 e. The van der Waals surface area contributed by atoms with E-state index in [1.165, 1.54) is 5.57 Å². The van der Waals surface area contributed by atoms with Gasteiger partial charge in [0.2, 0.25) is 0 Å². The molecule has 0 aliphatic heterocycles. The molecule has 0 N–H and O–H groups in total. The van der Waals surface area contributed by atoms with Crippen LogP contribution in [0.1, 0.15) is 33.6 Å². The smallest absolute Gasteiger partial charge is 0.0976 e. The van der Waals surface area contributed by atoms with Crippen LogP contribution in [0.25, 0.3) is 0 Å². The Kier molecular flexibility index (Phi) is 4.37. The van der Waals surface area contributed by atoms with Gasteiger partial charge in [0.25, 0.3) is 0 Å². The molecule has 0 nitrogen and oxygen atoms in total. The van der Waals surface area contributed by atoms with E-state index in [0.717, 1.165) is 6.42 Å². The van der Waals surface area contributed by atoms with Gasteiger partial charge >= 0.3 is 0 Å². The molecule has 54 valence electrons. The molecule has 0 rings (SSSR count). The van der Waals surface area contributed by atoms with Gasteiger partial charge in [-0.2, -0.15) is 0 Å². The van der Waals surface area contributed by atoms with E-state index in [-0.39, 0.29) is 0 Å². The molecule has 0 saturated carbocycles. The van der Waals surface area contributed by atoms with Crippen LogP contribution in [0.5, 0.6) is 0 Å². The quantitative estimate of drug-likeness (QED) is 0.515. The molecular formula is C8H15F. The van der Waals surface area contributed by atoms with Crippen molar-refractivity contribution in [3.8, 4) is 0 Å². The van der Waals surface area contributed by atoms with Gasteiger partial charge in [0.1, 0.15) is 0 Å². The first-order valence-corrected chi connectivity index (χ1v) is 3.42. The van der Waals surface area contributed by atoms with E-state index in [2.05, 4.69) is 0 Å². The van der Waals surface area contributed by atoms with Crippen molar-refractivity contribution in [1.82, 2.24) is 0 Å². The van der Waals surface area contributed by atoms with Gasteiger partial charge in [0.05, 0.1) is 6.17 Å². The second-order valence-electron chi connectivity index (χ2n) is 2.45. The number of rotatable bonds is 3. The lowest BCUT2D eigenvalue weighted by Crippen LogP contribution is -1.91. The highest BCUT2D eigenvalue weighted by atomic mass is 19.1. The molecule has 0 fully saturated rings. The molecule has 0 amide bonds. The Labute approximate surface area is 56.8 Å². The number of hydrogen-bond donors (Lipinski definition) is 0. The van der Waals surface area contributed by atoms with E-state index in [9.17, 15) is 4.39 Å². The summed E-state index contributed by atoms with van der Waals surface area (Å²) in [6.07, 6.45) is 2.94. The lowest BCUT2D eigenvalue weighted by atomic mass is 10.1. The number of allylic oxidation sites excluding steroid dienone is 2. The molecule has 0 radical (unpaired) electrons. The summed E-state index contributed by atoms with van der Waals surface area (Å²) in [7, 11) is 0. The van der Waals surface area contributed by atoms with Crippen LogP contribution in [0.2, 0.25) is 0 Å². The van der Waals surface area contributed by atoms with Crippen LogP contribution in [0.3, 0.4) is 0 Å². The van der Waals surface area contributed by atoms with Gasteiger partial charge in [0.15, 0.2) is 0 Å². The molecule has 0 aromatic carbocycles. The van der Waals surface area contributed by atoms with E-state index < -0.39 is 6.17 Å². The molecule has 0 aliphatic rings. The van der Waals surface area contributed by atoms with E-state index in [1.54, 1.807) is 6.92 Å². The second-order valence-corrected chi connectivity index (χ2v) is 2.45. The fourth-order valence-corrected chi connectivity index (χ4v) is 0.571. The third-order valence-corrected chi connectivity index (χ3v) is 1.43. The molecule has 0 spiro atoms. The van der Waals surface area contributed by atoms with Crippen molar-refractivity contribution in [2.24, 2.45) is 0 Å². The minimum absolute atomic E-state index is 0.653. The van der Waals surface area contributed by atoms with Gasteiger partial charge in [0, 0.05) is 0 Å². The summed E-state index contributed by atoms with van der Waals surface area (Å²) >= 11 is 0. The van der Waals surface area contributed by atoms with Crippen LogP contribution < -0.4 is 0 Å². The average Bonchev–Trinajstić information content (AvgIpc) is 1.83. The SMILES string of the molecule is CC=C(C)CCC(C)F. The molecule has 0 heterocycles. The van der Waals surface area contributed by atoms with Crippen molar-refractivity contribution >= 4 is 0 Å². The summed E-state index contributed by atoms with van der Waals surface area (Å²) in [4.78, 5) is 0. The van der Waals surface area contributed by atoms with Gasteiger partial charge < -0.3 is 0 Å².